The molecule has 5 heteroatoms. The first kappa shape index (κ1) is 11.0. The molecule has 80 valence electrons. The number of rotatable bonds is 3. The molecule has 0 unspecified atom stereocenters. The second-order valence-electron chi connectivity index (χ2n) is 3.26. The third-order valence-corrected chi connectivity index (χ3v) is 2.32. The molecule has 0 bridgehead atoms. The lowest BCUT2D eigenvalue weighted by Crippen LogP contribution is -2.47. The zero-order chi connectivity index (χ0) is 10.6. The summed E-state index contributed by atoms with van der Waals surface area (Å²) >= 11 is 0. The Balaban J connectivity index is 2.80. The fraction of sp³-hybridized carbons (Fsp3) is 0.778. The minimum atomic E-state index is -1.48. The molecular formula is C9H14O5. The lowest BCUT2D eigenvalue weighted by atomic mass is 9.83. The van der Waals surface area contributed by atoms with Gasteiger partial charge in [0.1, 0.15) is 0 Å². The van der Waals surface area contributed by atoms with E-state index in [0.717, 1.165) is 0 Å². The molecule has 1 fully saturated rings. The quantitative estimate of drug-likeness (QED) is 0.530. The SMILES string of the molecule is CCOC(=O)[C@@]1(C(=O)O)CCCOC1. The molecule has 0 aromatic heterocycles. The number of carbonyl (C=O) groups excluding carboxylic acids is 1. The maximum Gasteiger partial charge on any atom is 0.325 e. The largest absolute Gasteiger partial charge is 0.480 e. The highest BCUT2D eigenvalue weighted by atomic mass is 16.5. The highest BCUT2D eigenvalue weighted by molar-refractivity contribution is 5.99. The number of aliphatic carboxylic acids is 1. The molecule has 1 N–H and O–H groups in total. The first-order valence-electron chi connectivity index (χ1n) is 4.62. The van der Waals surface area contributed by atoms with E-state index in [1.807, 2.05) is 0 Å². The molecule has 0 aliphatic carbocycles. The van der Waals surface area contributed by atoms with Crippen molar-refractivity contribution in [1.29, 1.82) is 0 Å². The fourth-order valence-electron chi connectivity index (χ4n) is 1.48. The predicted octanol–water partition coefficient (Wildman–Crippen LogP) is 0.431. The van der Waals surface area contributed by atoms with Crippen molar-refractivity contribution in [2.45, 2.75) is 19.8 Å². The Kier molecular flexibility index (Phi) is 3.46. The highest BCUT2D eigenvalue weighted by Crippen LogP contribution is 2.30. The van der Waals surface area contributed by atoms with E-state index in [2.05, 4.69) is 0 Å². The molecule has 1 saturated heterocycles. The number of ether oxygens (including phenoxy) is 2. The molecule has 0 radical (unpaired) electrons. The van der Waals surface area contributed by atoms with E-state index in [4.69, 9.17) is 14.6 Å². The molecule has 0 saturated carbocycles. The van der Waals surface area contributed by atoms with Gasteiger partial charge in [0.15, 0.2) is 5.41 Å². The Morgan fingerprint density at radius 1 is 1.57 bits per heavy atom. The Bertz CT molecular complexity index is 229. The molecule has 1 aliphatic rings. The van der Waals surface area contributed by atoms with Gasteiger partial charge in [-0.05, 0) is 19.8 Å². The lowest BCUT2D eigenvalue weighted by Gasteiger charge is -2.30. The van der Waals surface area contributed by atoms with Crippen LogP contribution in [0.5, 0.6) is 0 Å². The van der Waals surface area contributed by atoms with Crippen LogP contribution in [0.15, 0.2) is 0 Å². The third kappa shape index (κ3) is 1.87. The van der Waals surface area contributed by atoms with Gasteiger partial charge in [-0.3, -0.25) is 9.59 Å². The maximum absolute atomic E-state index is 11.5. The summed E-state index contributed by atoms with van der Waals surface area (Å²) < 4.78 is 9.78. The Hall–Kier alpha value is -1.10. The van der Waals surface area contributed by atoms with Crippen LogP contribution in [0, 0.1) is 5.41 Å². The van der Waals surface area contributed by atoms with E-state index in [9.17, 15) is 9.59 Å². The molecule has 1 rings (SSSR count). The van der Waals surface area contributed by atoms with Gasteiger partial charge >= 0.3 is 11.9 Å². The van der Waals surface area contributed by atoms with Crippen LogP contribution in [0.1, 0.15) is 19.8 Å². The van der Waals surface area contributed by atoms with Crippen molar-refractivity contribution >= 4 is 11.9 Å². The number of carboxylic acid groups (broad SMARTS) is 1. The number of carbonyl (C=O) groups is 2. The van der Waals surface area contributed by atoms with E-state index < -0.39 is 17.4 Å². The van der Waals surface area contributed by atoms with E-state index in [1.54, 1.807) is 6.92 Å². The number of carboxylic acids is 1. The van der Waals surface area contributed by atoms with E-state index >= 15 is 0 Å². The van der Waals surface area contributed by atoms with Crippen LogP contribution < -0.4 is 0 Å². The van der Waals surface area contributed by atoms with Crippen molar-refractivity contribution < 1.29 is 24.2 Å². The fourth-order valence-corrected chi connectivity index (χ4v) is 1.48. The van der Waals surface area contributed by atoms with Crippen molar-refractivity contribution in [3.05, 3.63) is 0 Å². The lowest BCUT2D eigenvalue weighted by molar-refractivity contribution is -0.178. The first-order chi connectivity index (χ1) is 6.63. The minimum absolute atomic E-state index is 0.0822. The Morgan fingerprint density at radius 3 is 2.71 bits per heavy atom. The smallest absolute Gasteiger partial charge is 0.325 e. The van der Waals surface area contributed by atoms with Crippen LogP contribution in [-0.4, -0.2) is 36.9 Å². The molecule has 1 aliphatic heterocycles. The third-order valence-electron chi connectivity index (χ3n) is 2.32. The molecule has 0 amide bonds. The van der Waals surface area contributed by atoms with Crippen LogP contribution in [-0.2, 0) is 19.1 Å². The first-order valence-corrected chi connectivity index (χ1v) is 4.62. The minimum Gasteiger partial charge on any atom is -0.480 e. The van der Waals surface area contributed by atoms with Crippen LogP contribution in [0.3, 0.4) is 0 Å². The van der Waals surface area contributed by atoms with Gasteiger partial charge < -0.3 is 14.6 Å². The monoisotopic (exact) mass is 202 g/mol. The molecule has 1 heterocycles. The summed E-state index contributed by atoms with van der Waals surface area (Å²) in [7, 11) is 0. The van der Waals surface area contributed by atoms with Crippen molar-refractivity contribution in [2.75, 3.05) is 19.8 Å². The van der Waals surface area contributed by atoms with Gasteiger partial charge in [0.25, 0.3) is 0 Å². The van der Waals surface area contributed by atoms with E-state index in [1.165, 1.54) is 0 Å². The summed E-state index contributed by atoms with van der Waals surface area (Å²) in [6.07, 6.45) is 0.867. The predicted molar refractivity (Wildman–Crippen MR) is 46.8 cm³/mol. The Morgan fingerprint density at radius 2 is 2.29 bits per heavy atom. The summed E-state index contributed by atoms with van der Waals surface area (Å²) in [4.78, 5) is 22.5. The number of hydrogen-bond acceptors (Lipinski definition) is 4. The zero-order valence-electron chi connectivity index (χ0n) is 8.12. The summed E-state index contributed by atoms with van der Waals surface area (Å²) in [5.74, 6) is -1.84. The average molecular weight is 202 g/mol. The molecule has 5 nitrogen and oxygen atoms in total. The summed E-state index contributed by atoms with van der Waals surface area (Å²) in [5.41, 5.74) is -1.48. The molecular weight excluding hydrogens is 188 g/mol. The summed E-state index contributed by atoms with van der Waals surface area (Å²) in [5, 5.41) is 9.00. The van der Waals surface area contributed by atoms with Crippen molar-refractivity contribution in [3.8, 4) is 0 Å². The molecule has 14 heavy (non-hydrogen) atoms. The topological polar surface area (TPSA) is 72.8 Å². The maximum atomic E-state index is 11.5. The van der Waals surface area contributed by atoms with Gasteiger partial charge in [0, 0.05) is 6.61 Å². The normalized spacial score (nSPS) is 26.9. The van der Waals surface area contributed by atoms with Crippen molar-refractivity contribution in [1.82, 2.24) is 0 Å². The molecule has 0 aromatic rings. The second kappa shape index (κ2) is 4.41. The van der Waals surface area contributed by atoms with Crippen LogP contribution in [0.4, 0.5) is 0 Å². The van der Waals surface area contributed by atoms with Crippen molar-refractivity contribution in [3.63, 3.8) is 0 Å². The molecule has 0 spiro atoms. The second-order valence-corrected chi connectivity index (χ2v) is 3.26. The van der Waals surface area contributed by atoms with Crippen LogP contribution in [0.25, 0.3) is 0 Å². The number of esters is 1. The number of hydrogen-bond donors (Lipinski definition) is 1. The summed E-state index contributed by atoms with van der Waals surface area (Å²) in [6.45, 7) is 2.26. The molecule has 0 aromatic carbocycles. The zero-order valence-corrected chi connectivity index (χ0v) is 8.12. The molecule has 1 atom stereocenters. The summed E-state index contributed by atoms with van der Waals surface area (Å²) in [6, 6.07) is 0. The van der Waals surface area contributed by atoms with Crippen LogP contribution >= 0.6 is 0 Å². The van der Waals surface area contributed by atoms with Gasteiger partial charge in [-0.1, -0.05) is 0 Å². The van der Waals surface area contributed by atoms with Gasteiger partial charge in [-0.15, -0.1) is 0 Å². The van der Waals surface area contributed by atoms with Crippen molar-refractivity contribution in [2.24, 2.45) is 5.41 Å². The van der Waals surface area contributed by atoms with Gasteiger partial charge in [0.2, 0.25) is 0 Å². The van der Waals surface area contributed by atoms with Gasteiger partial charge in [-0.25, -0.2) is 0 Å². The standard InChI is InChI=1S/C9H14O5/c1-2-14-8(12)9(7(10)11)4-3-5-13-6-9/h2-6H2,1H3,(H,10,11)/t9-/m0/s1. The van der Waals surface area contributed by atoms with E-state index in [-0.39, 0.29) is 13.2 Å². The van der Waals surface area contributed by atoms with E-state index in [0.29, 0.717) is 19.4 Å². The Labute approximate surface area is 82.0 Å². The van der Waals surface area contributed by atoms with Gasteiger partial charge in [-0.2, -0.15) is 0 Å². The van der Waals surface area contributed by atoms with Gasteiger partial charge in [0.05, 0.1) is 13.2 Å². The highest BCUT2D eigenvalue weighted by Gasteiger charge is 2.49. The average Bonchev–Trinajstić information content (AvgIpc) is 2.19. The van der Waals surface area contributed by atoms with Crippen LogP contribution in [0.2, 0.25) is 0 Å².